The van der Waals surface area contributed by atoms with Crippen LogP contribution in [-0.4, -0.2) is 74.1 Å². The Bertz CT molecular complexity index is 1710. The maximum absolute atomic E-state index is 15.1. The fraction of sp³-hybridized carbons (Fsp3) is 0.241. The highest BCUT2D eigenvalue weighted by atomic mass is 19.4. The number of ether oxygens (including phenoxy) is 1. The highest BCUT2D eigenvalue weighted by Gasteiger charge is 2.34. The molecule has 14 heteroatoms. The molecule has 0 spiro atoms. The average Bonchev–Trinajstić information content (AvgIpc) is 2.93. The fourth-order valence-electron chi connectivity index (χ4n) is 4.93. The van der Waals surface area contributed by atoms with E-state index >= 15 is 4.39 Å². The van der Waals surface area contributed by atoms with Gasteiger partial charge in [-0.15, -0.1) is 0 Å². The number of ketones is 1. The van der Waals surface area contributed by atoms with Crippen molar-refractivity contribution in [2.45, 2.75) is 6.18 Å². The van der Waals surface area contributed by atoms with Crippen molar-refractivity contribution in [3.63, 3.8) is 0 Å². The lowest BCUT2D eigenvalue weighted by Gasteiger charge is -2.37. The molecule has 0 atom stereocenters. The van der Waals surface area contributed by atoms with Crippen molar-refractivity contribution in [1.29, 1.82) is 0 Å². The largest absolute Gasteiger partial charge is 0.508 e. The fourth-order valence-corrected chi connectivity index (χ4v) is 4.93. The van der Waals surface area contributed by atoms with Crippen LogP contribution in [0.2, 0.25) is 0 Å². The van der Waals surface area contributed by atoms with Gasteiger partial charge in [0.25, 0.3) is 0 Å². The number of carbonyl (C=O) groups excluding carboxylic acids is 1. The summed E-state index contributed by atoms with van der Waals surface area (Å²) in [5, 5.41) is 52.6. The van der Waals surface area contributed by atoms with E-state index in [-0.39, 0.29) is 47.4 Å². The van der Waals surface area contributed by atoms with Crippen LogP contribution in [0.1, 0.15) is 21.5 Å². The maximum Gasteiger partial charge on any atom is 0.416 e. The molecule has 1 aromatic heterocycles. The van der Waals surface area contributed by atoms with Gasteiger partial charge in [-0.25, -0.2) is 4.39 Å². The van der Waals surface area contributed by atoms with E-state index in [9.17, 15) is 47.9 Å². The van der Waals surface area contributed by atoms with Gasteiger partial charge in [0.05, 0.1) is 17.8 Å². The summed E-state index contributed by atoms with van der Waals surface area (Å²) in [6, 6.07) is 5.07. The Hall–Kier alpha value is -4.85. The number of hydrogen-bond donors (Lipinski definition) is 5. The minimum Gasteiger partial charge on any atom is -0.508 e. The van der Waals surface area contributed by atoms with Crippen molar-refractivity contribution in [2.24, 2.45) is 5.92 Å². The highest BCUT2D eigenvalue weighted by molar-refractivity contribution is 6.22. The molecule has 0 radical (unpaired) electrons. The molecule has 5 N–H and O–H groups in total. The van der Waals surface area contributed by atoms with Crippen LogP contribution in [0, 0.1) is 11.7 Å². The third kappa shape index (κ3) is 5.41. The second-order valence-electron chi connectivity index (χ2n) is 10.00. The highest BCUT2D eigenvalue weighted by Crippen LogP contribution is 2.52. The first-order valence-electron chi connectivity index (χ1n) is 12.8. The normalized spacial score (nSPS) is 14.2. The third-order valence-corrected chi connectivity index (χ3v) is 7.15. The van der Waals surface area contributed by atoms with Gasteiger partial charge < -0.3 is 30.3 Å². The van der Waals surface area contributed by atoms with E-state index in [1.807, 2.05) is 4.90 Å². The number of phenolic OH excluding ortho intramolecular Hbond substituents is 5. The minimum absolute atomic E-state index is 0.0206. The predicted octanol–water partition coefficient (Wildman–Crippen LogP) is 5.10. The summed E-state index contributed by atoms with van der Waals surface area (Å²) in [5.41, 5.74) is -3.67. The van der Waals surface area contributed by atoms with Crippen molar-refractivity contribution in [1.82, 2.24) is 9.88 Å². The molecule has 0 unspecified atom stereocenters. The van der Waals surface area contributed by atoms with E-state index in [1.165, 1.54) is 6.07 Å². The van der Waals surface area contributed by atoms with Crippen LogP contribution in [0.15, 0.2) is 42.6 Å². The smallest absolute Gasteiger partial charge is 0.416 e. The molecule has 3 aromatic carbocycles. The topological polar surface area (TPSA) is 144 Å². The first-order chi connectivity index (χ1) is 20.3. The van der Waals surface area contributed by atoms with Gasteiger partial charge >= 0.3 is 6.18 Å². The molecular formula is C29H23F5N2O7. The number of hydrogen-bond acceptors (Lipinski definition) is 9. The third-order valence-electron chi connectivity index (χ3n) is 7.15. The monoisotopic (exact) mass is 606 g/mol. The van der Waals surface area contributed by atoms with Gasteiger partial charge in [0, 0.05) is 59.9 Å². The number of pyridine rings is 1. The van der Waals surface area contributed by atoms with Crippen LogP contribution in [0.4, 0.5) is 22.0 Å². The van der Waals surface area contributed by atoms with Crippen LogP contribution >= 0.6 is 0 Å². The van der Waals surface area contributed by atoms with Gasteiger partial charge in [-0.05, 0) is 24.3 Å². The summed E-state index contributed by atoms with van der Waals surface area (Å²) >= 11 is 0. The number of alkyl halides is 4. The van der Waals surface area contributed by atoms with Crippen molar-refractivity contribution < 1.29 is 57.0 Å². The molecule has 1 aliphatic heterocycles. The lowest BCUT2D eigenvalue weighted by molar-refractivity contribution is -0.137. The first kappa shape index (κ1) is 29.6. The van der Waals surface area contributed by atoms with E-state index < -0.39 is 75.5 Å². The Morgan fingerprint density at radius 3 is 2.21 bits per heavy atom. The summed E-state index contributed by atoms with van der Waals surface area (Å²) in [5.74, 6) is -8.40. The summed E-state index contributed by atoms with van der Waals surface area (Å²) < 4.78 is 72.5. The number of rotatable bonds is 8. The van der Waals surface area contributed by atoms with Crippen molar-refractivity contribution in [2.75, 3.05) is 32.9 Å². The number of likely N-dealkylation sites (tertiary alicyclic amines) is 1. The van der Waals surface area contributed by atoms with Crippen molar-refractivity contribution in [3.05, 3.63) is 65.1 Å². The van der Waals surface area contributed by atoms with E-state index in [0.29, 0.717) is 19.2 Å². The Kier molecular flexibility index (Phi) is 7.65. The van der Waals surface area contributed by atoms with Crippen molar-refractivity contribution in [3.8, 4) is 45.6 Å². The molecule has 1 saturated heterocycles. The Balaban J connectivity index is 1.59. The Labute approximate surface area is 239 Å². The Morgan fingerprint density at radius 1 is 0.930 bits per heavy atom. The van der Waals surface area contributed by atoms with E-state index in [2.05, 4.69) is 4.98 Å². The molecular weight excluding hydrogens is 583 g/mol. The number of aromatic hydroxyl groups is 5. The van der Waals surface area contributed by atoms with Crippen LogP contribution in [0.3, 0.4) is 0 Å². The number of phenols is 5. The van der Waals surface area contributed by atoms with Crippen LogP contribution in [0.25, 0.3) is 22.0 Å². The molecule has 0 saturated carbocycles. The van der Waals surface area contributed by atoms with E-state index in [1.54, 1.807) is 0 Å². The zero-order valence-corrected chi connectivity index (χ0v) is 22.0. The molecule has 1 aliphatic rings. The molecule has 2 heterocycles. The zero-order chi connectivity index (χ0) is 31.2. The van der Waals surface area contributed by atoms with Crippen LogP contribution < -0.4 is 4.74 Å². The van der Waals surface area contributed by atoms with E-state index in [0.717, 1.165) is 24.4 Å². The predicted molar refractivity (Wildman–Crippen MR) is 142 cm³/mol. The molecule has 4 aromatic rings. The number of nitrogens with zero attached hydrogens (tertiary/aromatic N) is 2. The maximum atomic E-state index is 15.1. The van der Waals surface area contributed by atoms with Gasteiger partial charge in [0.1, 0.15) is 23.7 Å². The van der Waals surface area contributed by atoms with Gasteiger partial charge in [-0.3, -0.25) is 19.1 Å². The first-order valence-corrected chi connectivity index (χ1v) is 12.8. The summed E-state index contributed by atoms with van der Waals surface area (Å²) in [6.45, 7) is 0.581. The number of carbonyl (C=O) groups is 1. The van der Waals surface area contributed by atoms with Crippen molar-refractivity contribution >= 4 is 16.7 Å². The molecule has 0 bridgehead atoms. The molecule has 1 fully saturated rings. The average molecular weight is 606 g/mol. The van der Waals surface area contributed by atoms with Crippen LogP contribution in [0.5, 0.6) is 34.5 Å². The van der Waals surface area contributed by atoms with Crippen LogP contribution in [-0.2, 0) is 6.18 Å². The molecule has 43 heavy (non-hydrogen) atoms. The lowest BCUT2D eigenvalue weighted by Crippen LogP contribution is -2.49. The number of benzene rings is 3. The number of fused-ring (bicyclic) bond motifs is 1. The quantitative estimate of drug-likeness (QED) is 0.0801. The van der Waals surface area contributed by atoms with Gasteiger partial charge in [0.15, 0.2) is 11.5 Å². The molecule has 0 amide bonds. The summed E-state index contributed by atoms with van der Waals surface area (Å²) in [7, 11) is 0. The van der Waals surface area contributed by atoms with Gasteiger partial charge in [-0.1, -0.05) is 6.07 Å². The SMILES string of the molecule is O=C(c1c(O)c(O)c(OCCN2CC(CF)C2)c(O)c1O)c1c(-c2ccc(C(F)(F)F)cc2F)cnc2cc(O)ccc12. The molecule has 226 valence electrons. The second-order valence-corrected chi connectivity index (χ2v) is 10.00. The summed E-state index contributed by atoms with van der Waals surface area (Å²) in [6.07, 6.45) is -3.91. The second kappa shape index (κ2) is 11.1. The van der Waals surface area contributed by atoms with Gasteiger partial charge in [0.2, 0.25) is 23.0 Å². The molecule has 9 nitrogen and oxygen atoms in total. The number of halogens is 5. The number of aromatic nitrogens is 1. The van der Waals surface area contributed by atoms with Gasteiger partial charge in [-0.2, -0.15) is 13.2 Å². The summed E-state index contributed by atoms with van der Waals surface area (Å²) in [4.78, 5) is 19.8. The lowest BCUT2D eigenvalue weighted by atomic mass is 9.90. The standard InChI is InChI=1S/C29H23F5N2O7/c30-9-13-11-36(12-13)5-6-43-28-26(41)24(39)22(25(40)27(28)42)23(38)21-17-4-2-15(37)8-20(17)35-10-18(21)16-3-1-14(7-19(16)31)29(32,33)34/h1-4,7-8,10,13,37,39-42H,5-6,9,11-12H2. The molecule has 0 aliphatic carbocycles. The Morgan fingerprint density at radius 2 is 1.60 bits per heavy atom. The molecule has 5 rings (SSSR count). The van der Waals surface area contributed by atoms with E-state index in [4.69, 9.17) is 4.74 Å². The zero-order valence-electron chi connectivity index (χ0n) is 22.0. The minimum atomic E-state index is -4.86.